The molecule has 1 heterocycles. The smallest absolute Gasteiger partial charge is 0.0606 e. The van der Waals surface area contributed by atoms with E-state index >= 15 is 0 Å². The number of thiophene rings is 1. The van der Waals surface area contributed by atoms with E-state index in [1.165, 1.54) is 0 Å². The van der Waals surface area contributed by atoms with Gasteiger partial charge in [0, 0.05) is 15.5 Å². The first-order valence-corrected chi connectivity index (χ1v) is 4.74. The van der Waals surface area contributed by atoms with Gasteiger partial charge in [0.05, 0.1) is 10.0 Å². The lowest BCUT2D eigenvalue weighted by Crippen LogP contribution is -1.65. The molecule has 0 saturated heterocycles. The highest BCUT2D eigenvalue weighted by Gasteiger charge is 2.03. The summed E-state index contributed by atoms with van der Waals surface area (Å²) in [7, 11) is 0. The second kappa shape index (κ2) is 2.67. The minimum absolute atomic E-state index is 0.730. The van der Waals surface area contributed by atoms with E-state index < -0.39 is 0 Å². The van der Waals surface area contributed by atoms with Gasteiger partial charge in [-0.2, -0.15) is 0 Å². The van der Waals surface area contributed by atoms with Gasteiger partial charge in [-0.05, 0) is 12.1 Å². The van der Waals surface area contributed by atoms with E-state index in [4.69, 9.17) is 23.2 Å². The van der Waals surface area contributed by atoms with Gasteiger partial charge >= 0.3 is 0 Å². The van der Waals surface area contributed by atoms with Crippen LogP contribution in [0.2, 0.25) is 10.0 Å². The second-order valence-electron chi connectivity index (χ2n) is 2.20. The summed E-state index contributed by atoms with van der Waals surface area (Å²) in [6.45, 7) is 0. The van der Waals surface area contributed by atoms with Crippen LogP contribution in [0.3, 0.4) is 0 Å². The summed E-state index contributed by atoms with van der Waals surface area (Å²) in [5.41, 5.74) is 0. The van der Waals surface area contributed by atoms with Crippen molar-refractivity contribution in [1.29, 1.82) is 0 Å². The van der Waals surface area contributed by atoms with E-state index in [1.54, 1.807) is 11.3 Å². The molecular formula is C8H4Cl2S. The molecule has 0 amide bonds. The van der Waals surface area contributed by atoms with Crippen LogP contribution in [0, 0.1) is 0 Å². The quantitative estimate of drug-likeness (QED) is 0.601. The molecule has 0 N–H and O–H groups in total. The molecule has 2 rings (SSSR count). The fourth-order valence-electron chi connectivity index (χ4n) is 1.01. The molecule has 1 aromatic carbocycles. The SMILES string of the molecule is Clc1cccc2scc(Cl)c12. The van der Waals surface area contributed by atoms with Gasteiger partial charge in [0.15, 0.2) is 0 Å². The lowest BCUT2D eigenvalue weighted by molar-refractivity contribution is 1.85. The van der Waals surface area contributed by atoms with Crippen molar-refractivity contribution >= 4 is 44.6 Å². The van der Waals surface area contributed by atoms with Gasteiger partial charge < -0.3 is 0 Å². The molecule has 0 spiro atoms. The number of halogens is 2. The van der Waals surface area contributed by atoms with E-state index in [2.05, 4.69) is 0 Å². The van der Waals surface area contributed by atoms with Crippen molar-refractivity contribution in [2.24, 2.45) is 0 Å². The molecule has 0 bridgehead atoms. The Morgan fingerprint density at radius 2 is 1.91 bits per heavy atom. The highest BCUT2D eigenvalue weighted by molar-refractivity contribution is 7.18. The first kappa shape index (κ1) is 7.41. The zero-order valence-electron chi connectivity index (χ0n) is 5.47. The van der Waals surface area contributed by atoms with Crippen LogP contribution in [0.25, 0.3) is 10.1 Å². The normalized spacial score (nSPS) is 10.7. The summed E-state index contributed by atoms with van der Waals surface area (Å²) >= 11 is 13.4. The van der Waals surface area contributed by atoms with Crippen molar-refractivity contribution < 1.29 is 0 Å². The van der Waals surface area contributed by atoms with E-state index in [-0.39, 0.29) is 0 Å². The maximum atomic E-state index is 5.93. The van der Waals surface area contributed by atoms with Crippen LogP contribution in [-0.4, -0.2) is 0 Å². The molecule has 2 aromatic rings. The Morgan fingerprint density at radius 3 is 2.64 bits per heavy atom. The van der Waals surface area contributed by atoms with E-state index in [1.807, 2.05) is 23.6 Å². The third-order valence-electron chi connectivity index (χ3n) is 1.50. The molecule has 0 nitrogen and oxygen atoms in total. The lowest BCUT2D eigenvalue weighted by atomic mass is 10.3. The molecular weight excluding hydrogens is 199 g/mol. The van der Waals surface area contributed by atoms with Crippen LogP contribution < -0.4 is 0 Å². The van der Waals surface area contributed by atoms with Crippen molar-refractivity contribution in [3.8, 4) is 0 Å². The Bertz CT molecular complexity index is 392. The minimum atomic E-state index is 0.730. The fourth-order valence-corrected chi connectivity index (χ4v) is 2.63. The topological polar surface area (TPSA) is 0 Å². The zero-order valence-corrected chi connectivity index (χ0v) is 7.80. The summed E-state index contributed by atoms with van der Waals surface area (Å²) in [4.78, 5) is 0. The Hall–Kier alpha value is -0.240. The second-order valence-corrected chi connectivity index (χ2v) is 3.92. The number of benzene rings is 1. The molecule has 0 fully saturated rings. The lowest BCUT2D eigenvalue weighted by Gasteiger charge is -1.91. The summed E-state index contributed by atoms with van der Waals surface area (Å²) in [6.07, 6.45) is 0. The molecule has 0 atom stereocenters. The van der Waals surface area contributed by atoms with Crippen LogP contribution in [0.1, 0.15) is 0 Å². The molecule has 11 heavy (non-hydrogen) atoms. The molecule has 56 valence electrons. The van der Waals surface area contributed by atoms with E-state index in [0.29, 0.717) is 0 Å². The van der Waals surface area contributed by atoms with Crippen LogP contribution in [0.4, 0.5) is 0 Å². The monoisotopic (exact) mass is 202 g/mol. The summed E-state index contributed by atoms with van der Waals surface area (Å²) in [6, 6.07) is 5.79. The Kier molecular flexibility index (Phi) is 1.80. The van der Waals surface area contributed by atoms with E-state index in [9.17, 15) is 0 Å². The fraction of sp³-hybridized carbons (Fsp3) is 0. The Morgan fingerprint density at radius 1 is 1.09 bits per heavy atom. The van der Waals surface area contributed by atoms with Gasteiger partial charge in [0.1, 0.15) is 0 Å². The largest absolute Gasteiger partial charge is 0.142 e. The molecule has 3 heteroatoms. The summed E-state index contributed by atoms with van der Waals surface area (Å²) in [5.74, 6) is 0. The van der Waals surface area contributed by atoms with Gasteiger partial charge in [-0.3, -0.25) is 0 Å². The van der Waals surface area contributed by atoms with Crippen LogP contribution in [0.15, 0.2) is 23.6 Å². The van der Waals surface area contributed by atoms with Gasteiger partial charge in [-0.15, -0.1) is 11.3 Å². The van der Waals surface area contributed by atoms with Crippen LogP contribution in [0.5, 0.6) is 0 Å². The number of fused-ring (bicyclic) bond motifs is 1. The third kappa shape index (κ3) is 1.13. The van der Waals surface area contributed by atoms with Crippen LogP contribution >= 0.6 is 34.5 Å². The molecule has 0 aliphatic carbocycles. The molecule has 1 aromatic heterocycles. The first-order valence-electron chi connectivity index (χ1n) is 3.10. The van der Waals surface area contributed by atoms with Gasteiger partial charge in [0.25, 0.3) is 0 Å². The number of rotatable bonds is 0. The summed E-state index contributed by atoms with van der Waals surface area (Å²) in [5, 5.41) is 4.35. The first-order chi connectivity index (χ1) is 5.29. The highest BCUT2D eigenvalue weighted by Crippen LogP contribution is 2.34. The summed E-state index contributed by atoms with van der Waals surface area (Å²) < 4.78 is 1.14. The maximum Gasteiger partial charge on any atom is 0.0606 e. The van der Waals surface area contributed by atoms with Gasteiger partial charge in [-0.25, -0.2) is 0 Å². The average molecular weight is 203 g/mol. The zero-order chi connectivity index (χ0) is 7.84. The predicted molar refractivity (Wildman–Crippen MR) is 51.8 cm³/mol. The molecule has 0 unspecified atom stereocenters. The predicted octanol–water partition coefficient (Wildman–Crippen LogP) is 4.21. The minimum Gasteiger partial charge on any atom is -0.142 e. The van der Waals surface area contributed by atoms with Crippen molar-refractivity contribution in [1.82, 2.24) is 0 Å². The number of hydrogen-bond acceptors (Lipinski definition) is 1. The Labute approximate surface area is 78.4 Å². The van der Waals surface area contributed by atoms with Crippen molar-refractivity contribution in [2.45, 2.75) is 0 Å². The van der Waals surface area contributed by atoms with E-state index in [0.717, 1.165) is 20.1 Å². The standard InChI is InChI=1S/C8H4Cl2S/c9-5-2-1-3-7-8(5)6(10)4-11-7/h1-4H. The maximum absolute atomic E-state index is 5.93. The van der Waals surface area contributed by atoms with Gasteiger partial charge in [0.2, 0.25) is 0 Å². The molecule has 0 radical (unpaired) electrons. The third-order valence-corrected chi connectivity index (χ3v) is 3.19. The van der Waals surface area contributed by atoms with Gasteiger partial charge in [-0.1, -0.05) is 29.3 Å². The Balaban J connectivity index is 2.96. The van der Waals surface area contributed by atoms with Crippen LogP contribution in [-0.2, 0) is 0 Å². The molecule has 0 aliphatic rings. The molecule has 0 aliphatic heterocycles. The molecule has 0 saturated carbocycles. The number of hydrogen-bond donors (Lipinski definition) is 0. The highest BCUT2D eigenvalue weighted by atomic mass is 35.5. The van der Waals surface area contributed by atoms with Crippen molar-refractivity contribution in [3.05, 3.63) is 33.6 Å². The van der Waals surface area contributed by atoms with Crippen molar-refractivity contribution in [3.63, 3.8) is 0 Å². The van der Waals surface area contributed by atoms with Crippen molar-refractivity contribution in [2.75, 3.05) is 0 Å². The average Bonchev–Trinajstić information content (AvgIpc) is 2.34.